The normalized spacial score (nSPS) is 10.5. The molecule has 0 radical (unpaired) electrons. The molecule has 0 unspecified atom stereocenters. The Morgan fingerprint density at radius 2 is 1.69 bits per heavy atom. The van der Waals surface area contributed by atoms with E-state index in [-0.39, 0.29) is 11.6 Å². The van der Waals surface area contributed by atoms with Crippen LogP contribution >= 0.6 is 0 Å². The maximum absolute atomic E-state index is 13.3. The molecule has 2 aromatic carbocycles. The highest BCUT2D eigenvalue weighted by Crippen LogP contribution is 2.23. The fourth-order valence-electron chi connectivity index (χ4n) is 2.32. The summed E-state index contributed by atoms with van der Waals surface area (Å²) in [7, 11) is 0. The van der Waals surface area contributed by atoms with Gasteiger partial charge in [-0.25, -0.2) is 18.7 Å². The van der Waals surface area contributed by atoms with E-state index in [1.54, 1.807) is 24.3 Å². The molecule has 0 bridgehead atoms. The number of carbonyl (C=O) groups excluding carboxylic acids is 1. The molecule has 0 spiro atoms. The van der Waals surface area contributed by atoms with Gasteiger partial charge in [-0.3, -0.25) is 4.79 Å². The number of carbonyl (C=O) groups is 1. The molecule has 1 aromatic heterocycles. The number of benzene rings is 2. The average Bonchev–Trinajstić information content (AvgIpc) is 2.56. The molecule has 1 N–H and O–H groups in total. The summed E-state index contributed by atoms with van der Waals surface area (Å²) in [6.45, 7) is 3.67. The predicted molar refractivity (Wildman–Crippen MR) is 92.3 cm³/mol. The van der Waals surface area contributed by atoms with Crippen LogP contribution in [0.25, 0.3) is 0 Å². The van der Waals surface area contributed by atoms with E-state index in [1.807, 2.05) is 19.9 Å². The molecule has 132 valence electrons. The van der Waals surface area contributed by atoms with Gasteiger partial charge in [0.25, 0.3) is 5.91 Å². The maximum atomic E-state index is 13.3. The summed E-state index contributed by atoms with van der Waals surface area (Å²) in [6.07, 6.45) is 0. The molecule has 0 saturated heterocycles. The minimum absolute atomic E-state index is 0.00728. The van der Waals surface area contributed by atoms with Gasteiger partial charge < -0.3 is 10.1 Å². The summed E-state index contributed by atoms with van der Waals surface area (Å²) in [5.74, 6) is -2.23. The molecule has 3 rings (SSSR count). The topological polar surface area (TPSA) is 64.1 Å². The van der Waals surface area contributed by atoms with Crippen LogP contribution in [0.5, 0.6) is 11.8 Å². The molecule has 1 heterocycles. The molecule has 0 aliphatic carbocycles. The Labute approximate surface area is 148 Å². The van der Waals surface area contributed by atoms with Crippen molar-refractivity contribution in [3.8, 4) is 11.8 Å². The number of amides is 1. The molecule has 26 heavy (non-hydrogen) atoms. The summed E-state index contributed by atoms with van der Waals surface area (Å²) in [5.41, 5.74) is 1.99. The molecule has 1 amide bonds. The van der Waals surface area contributed by atoms with Gasteiger partial charge in [-0.2, -0.15) is 0 Å². The van der Waals surface area contributed by atoms with Crippen LogP contribution in [0.2, 0.25) is 0 Å². The van der Waals surface area contributed by atoms with Gasteiger partial charge in [0, 0.05) is 28.7 Å². The summed E-state index contributed by atoms with van der Waals surface area (Å²) >= 11 is 0. The number of hydrogen-bond acceptors (Lipinski definition) is 4. The molecule has 0 saturated carbocycles. The predicted octanol–water partition coefficient (Wildman–Crippen LogP) is 4.42. The minimum atomic E-state index is -1.08. The third kappa shape index (κ3) is 4.18. The number of aryl methyl sites for hydroxylation is 2. The van der Waals surface area contributed by atoms with Gasteiger partial charge >= 0.3 is 6.01 Å². The fourth-order valence-corrected chi connectivity index (χ4v) is 2.32. The van der Waals surface area contributed by atoms with Crippen LogP contribution in [0.4, 0.5) is 14.5 Å². The van der Waals surface area contributed by atoms with Gasteiger partial charge in [0.2, 0.25) is 0 Å². The smallest absolute Gasteiger partial charge is 0.322 e. The molecule has 0 fully saturated rings. The third-order valence-corrected chi connectivity index (χ3v) is 3.44. The molecule has 5 nitrogen and oxygen atoms in total. The van der Waals surface area contributed by atoms with Crippen molar-refractivity contribution in [1.82, 2.24) is 9.97 Å². The third-order valence-electron chi connectivity index (χ3n) is 3.44. The fraction of sp³-hybridized carbons (Fsp3) is 0.105. The zero-order chi connectivity index (χ0) is 18.7. The number of nitrogens with zero attached hydrogens (tertiary/aromatic N) is 2. The lowest BCUT2D eigenvalue weighted by Crippen LogP contribution is -2.12. The Bertz CT molecular complexity index is 956. The first kappa shape index (κ1) is 17.5. The maximum Gasteiger partial charge on any atom is 0.322 e. The Morgan fingerprint density at radius 1 is 0.962 bits per heavy atom. The first-order chi connectivity index (χ1) is 12.4. The second kappa shape index (κ2) is 7.26. The van der Waals surface area contributed by atoms with Crippen LogP contribution in [-0.4, -0.2) is 15.9 Å². The zero-order valence-electron chi connectivity index (χ0n) is 14.1. The number of nitrogens with one attached hydrogen (secondary N) is 1. The molecule has 3 aromatic rings. The Balaban J connectivity index is 1.76. The van der Waals surface area contributed by atoms with Crippen LogP contribution < -0.4 is 10.1 Å². The van der Waals surface area contributed by atoms with Crippen LogP contribution in [0.3, 0.4) is 0 Å². The number of halogens is 2. The highest BCUT2D eigenvalue weighted by Gasteiger charge is 2.11. The number of anilines is 1. The largest absolute Gasteiger partial charge is 0.424 e. The minimum Gasteiger partial charge on any atom is -0.424 e. The van der Waals surface area contributed by atoms with Crippen LogP contribution in [0.1, 0.15) is 21.7 Å². The first-order valence-corrected chi connectivity index (χ1v) is 7.77. The zero-order valence-corrected chi connectivity index (χ0v) is 14.1. The van der Waals surface area contributed by atoms with Crippen LogP contribution in [0, 0.1) is 25.5 Å². The first-order valence-electron chi connectivity index (χ1n) is 7.77. The van der Waals surface area contributed by atoms with E-state index in [0.717, 1.165) is 23.5 Å². The van der Waals surface area contributed by atoms with E-state index in [9.17, 15) is 13.6 Å². The monoisotopic (exact) mass is 355 g/mol. The van der Waals surface area contributed by atoms with Crippen molar-refractivity contribution >= 4 is 11.6 Å². The highest BCUT2D eigenvalue weighted by atomic mass is 19.2. The van der Waals surface area contributed by atoms with Gasteiger partial charge in [0.15, 0.2) is 11.6 Å². The van der Waals surface area contributed by atoms with Crippen molar-refractivity contribution in [3.05, 3.63) is 77.1 Å². The molecule has 0 aliphatic rings. The standard InChI is InChI=1S/C19H15F2N3O2/c1-11-8-12(2)23-19(22-11)26-15-5-3-4-14(10-15)24-18(25)13-6-7-16(20)17(21)9-13/h3-10H,1-2H3,(H,24,25). The van der Waals surface area contributed by atoms with Gasteiger partial charge in [-0.05, 0) is 50.2 Å². The lowest BCUT2D eigenvalue weighted by atomic mass is 10.2. The van der Waals surface area contributed by atoms with E-state index in [2.05, 4.69) is 15.3 Å². The lowest BCUT2D eigenvalue weighted by Gasteiger charge is -2.09. The van der Waals surface area contributed by atoms with Crippen molar-refractivity contribution in [2.24, 2.45) is 0 Å². The van der Waals surface area contributed by atoms with Gasteiger partial charge in [-0.1, -0.05) is 6.07 Å². The number of aromatic nitrogens is 2. The van der Waals surface area contributed by atoms with Gasteiger partial charge in [0.05, 0.1) is 0 Å². The molecular formula is C19H15F2N3O2. The van der Waals surface area contributed by atoms with Crippen molar-refractivity contribution in [1.29, 1.82) is 0 Å². The van der Waals surface area contributed by atoms with Crippen molar-refractivity contribution in [2.45, 2.75) is 13.8 Å². The molecule has 7 heteroatoms. The summed E-state index contributed by atoms with van der Waals surface area (Å²) in [4.78, 5) is 20.5. The van der Waals surface area contributed by atoms with Crippen LogP contribution in [-0.2, 0) is 0 Å². The highest BCUT2D eigenvalue weighted by molar-refractivity contribution is 6.04. The molecule has 0 aliphatic heterocycles. The van der Waals surface area contributed by atoms with Gasteiger partial charge in [-0.15, -0.1) is 0 Å². The summed E-state index contributed by atoms with van der Waals surface area (Å²) in [6, 6.07) is 11.6. The molecular weight excluding hydrogens is 340 g/mol. The quantitative estimate of drug-likeness (QED) is 0.753. The van der Waals surface area contributed by atoms with E-state index in [0.29, 0.717) is 11.4 Å². The van der Waals surface area contributed by atoms with Crippen LogP contribution in [0.15, 0.2) is 48.5 Å². The van der Waals surface area contributed by atoms with Crippen molar-refractivity contribution in [2.75, 3.05) is 5.32 Å². The Kier molecular flexibility index (Phi) is 4.88. The second-order valence-corrected chi connectivity index (χ2v) is 5.65. The molecule has 0 atom stereocenters. The summed E-state index contributed by atoms with van der Waals surface area (Å²) in [5, 5.41) is 2.60. The second-order valence-electron chi connectivity index (χ2n) is 5.65. The Morgan fingerprint density at radius 3 is 2.38 bits per heavy atom. The number of ether oxygens (including phenoxy) is 1. The Hall–Kier alpha value is -3.35. The average molecular weight is 355 g/mol. The van der Waals surface area contributed by atoms with E-state index >= 15 is 0 Å². The SMILES string of the molecule is Cc1cc(C)nc(Oc2cccc(NC(=O)c3ccc(F)c(F)c3)c2)n1. The lowest BCUT2D eigenvalue weighted by molar-refractivity contribution is 0.102. The van der Waals surface area contributed by atoms with Crippen molar-refractivity contribution < 1.29 is 18.3 Å². The van der Waals surface area contributed by atoms with E-state index in [4.69, 9.17) is 4.74 Å². The van der Waals surface area contributed by atoms with E-state index in [1.165, 1.54) is 6.07 Å². The van der Waals surface area contributed by atoms with Gasteiger partial charge in [0.1, 0.15) is 5.75 Å². The van der Waals surface area contributed by atoms with E-state index < -0.39 is 17.5 Å². The number of hydrogen-bond donors (Lipinski definition) is 1. The number of rotatable bonds is 4. The summed E-state index contributed by atoms with van der Waals surface area (Å²) < 4.78 is 31.9. The van der Waals surface area contributed by atoms with Crippen molar-refractivity contribution in [3.63, 3.8) is 0 Å².